The number of nitriles is 1. The molecule has 0 atom stereocenters. The van der Waals surface area contributed by atoms with Gasteiger partial charge in [0.25, 0.3) is 10.0 Å². The molecule has 21 heavy (non-hydrogen) atoms. The Balaban J connectivity index is 2.49. The molecule has 0 amide bonds. The minimum atomic E-state index is -4.11. The van der Waals surface area contributed by atoms with E-state index in [4.69, 9.17) is 5.26 Å². The van der Waals surface area contributed by atoms with Crippen LogP contribution >= 0.6 is 0 Å². The summed E-state index contributed by atoms with van der Waals surface area (Å²) in [5, 5.41) is 18.2. The number of aromatic hydroxyl groups is 1. The van der Waals surface area contributed by atoms with Crippen molar-refractivity contribution in [2.45, 2.75) is 11.8 Å². The number of anilines is 1. The predicted octanol–water partition coefficient (Wildman–Crippen LogP) is 2.51. The Labute approximate surface area is 121 Å². The van der Waals surface area contributed by atoms with Crippen molar-refractivity contribution in [2.75, 3.05) is 4.72 Å². The number of halogens is 1. The van der Waals surface area contributed by atoms with Gasteiger partial charge in [-0.05, 0) is 42.8 Å². The number of hydrogen-bond acceptors (Lipinski definition) is 4. The molecule has 0 bridgehead atoms. The van der Waals surface area contributed by atoms with Crippen LogP contribution in [0, 0.1) is 24.1 Å². The van der Waals surface area contributed by atoms with Gasteiger partial charge in [-0.2, -0.15) is 5.26 Å². The minimum Gasteiger partial charge on any atom is -0.508 e. The van der Waals surface area contributed by atoms with Crippen LogP contribution in [-0.4, -0.2) is 13.5 Å². The Hall–Kier alpha value is -2.59. The summed E-state index contributed by atoms with van der Waals surface area (Å²) in [6.07, 6.45) is 0. The molecule has 0 aliphatic heterocycles. The molecule has 0 radical (unpaired) electrons. The van der Waals surface area contributed by atoms with E-state index in [0.717, 1.165) is 12.1 Å². The Morgan fingerprint density at radius 1 is 1.29 bits per heavy atom. The molecular formula is C14H11FN2O3S. The summed E-state index contributed by atoms with van der Waals surface area (Å²) in [6, 6.07) is 9.02. The third kappa shape index (κ3) is 2.95. The molecule has 2 aromatic carbocycles. The maximum atomic E-state index is 13.5. The van der Waals surface area contributed by atoms with Gasteiger partial charge in [0.1, 0.15) is 28.1 Å². The molecule has 0 heterocycles. The second-order valence-electron chi connectivity index (χ2n) is 4.33. The van der Waals surface area contributed by atoms with Gasteiger partial charge in [0.15, 0.2) is 0 Å². The third-order valence-corrected chi connectivity index (χ3v) is 4.24. The number of nitrogens with zero attached hydrogens (tertiary/aromatic N) is 1. The lowest BCUT2D eigenvalue weighted by Gasteiger charge is -2.12. The molecule has 2 rings (SSSR count). The first-order chi connectivity index (χ1) is 9.85. The molecule has 2 N–H and O–H groups in total. The summed E-state index contributed by atoms with van der Waals surface area (Å²) in [6.45, 7) is 1.61. The SMILES string of the molecule is Cc1cc(O)ccc1NS(=O)(=O)c1cccc(F)c1C#N. The van der Waals surface area contributed by atoms with E-state index in [-0.39, 0.29) is 11.4 Å². The van der Waals surface area contributed by atoms with Gasteiger partial charge >= 0.3 is 0 Å². The van der Waals surface area contributed by atoms with E-state index in [1.54, 1.807) is 13.0 Å². The number of benzene rings is 2. The van der Waals surface area contributed by atoms with E-state index in [0.29, 0.717) is 5.56 Å². The van der Waals surface area contributed by atoms with E-state index in [9.17, 15) is 17.9 Å². The molecule has 0 aromatic heterocycles. The van der Waals surface area contributed by atoms with Crippen LogP contribution < -0.4 is 4.72 Å². The second kappa shape index (κ2) is 5.42. The summed E-state index contributed by atoms with van der Waals surface area (Å²) in [5.41, 5.74) is 0.191. The minimum absolute atomic E-state index is 0.00100. The van der Waals surface area contributed by atoms with Gasteiger partial charge in [-0.1, -0.05) is 6.07 Å². The maximum Gasteiger partial charge on any atom is 0.263 e. The lowest BCUT2D eigenvalue weighted by atomic mass is 10.2. The topological polar surface area (TPSA) is 90.2 Å². The molecular weight excluding hydrogens is 295 g/mol. The quantitative estimate of drug-likeness (QED) is 0.853. The summed E-state index contributed by atoms with van der Waals surface area (Å²) >= 11 is 0. The summed E-state index contributed by atoms with van der Waals surface area (Å²) in [7, 11) is -4.11. The molecule has 7 heteroatoms. The molecule has 5 nitrogen and oxygen atoms in total. The number of aryl methyl sites for hydroxylation is 1. The standard InChI is InChI=1S/C14H11FN2O3S/c1-9-7-10(18)5-6-13(9)17-21(19,20)14-4-2-3-12(15)11(14)8-16/h2-7,17-18H,1H3. The van der Waals surface area contributed by atoms with Crippen LogP contribution in [-0.2, 0) is 10.0 Å². The highest BCUT2D eigenvalue weighted by Gasteiger charge is 2.21. The third-order valence-electron chi connectivity index (χ3n) is 2.83. The Bertz CT molecular complexity index is 842. The van der Waals surface area contributed by atoms with E-state index in [1.165, 1.54) is 24.3 Å². The predicted molar refractivity (Wildman–Crippen MR) is 74.8 cm³/mol. The number of phenolic OH excluding ortho intramolecular Hbond substituents is 1. The first-order valence-electron chi connectivity index (χ1n) is 5.86. The van der Waals surface area contributed by atoms with Crippen LogP contribution in [0.1, 0.15) is 11.1 Å². The van der Waals surface area contributed by atoms with Gasteiger partial charge in [0, 0.05) is 0 Å². The van der Waals surface area contributed by atoms with Crippen molar-refractivity contribution in [3.8, 4) is 11.8 Å². The van der Waals surface area contributed by atoms with Crippen molar-refractivity contribution in [3.63, 3.8) is 0 Å². The van der Waals surface area contributed by atoms with Crippen molar-refractivity contribution in [1.29, 1.82) is 5.26 Å². The molecule has 0 saturated heterocycles. The highest BCUT2D eigenvalue weighted by molar-refractivity contribution is 7.92. The van der Waals surface area contributed by atoms with Crippen LogP contribution in [0.15, 0.2) is 41.3 Å². The van der Waals surface area contributed by atoms with Gasteiger partial charge < -0.3 is 5.11 Å². The largest absolute Gasteiger partial charge is 0.508 e. The lowest BCUT2D eigenvalue weighted by Crippen LogP contribution is -2.15. The molecule has 0 unspecified atom stereocenters. The van der Waals surface area contributed by atoms with Gasteiger partial charge in [0.2, 0.25) is 0 Å². The van der Waals surface area contributed by atoms with Crippen molar-refractivity contribution in [1.82, 2.24) is 0 Å². The van der Waals surface area contributed by atoms with Crippen molar-refractivity contribution >= 4 is 15.7 Å². The highest BCUT2D eigenvalue weighted by atomic mass is 32.2. The molecule has 0 saturated carbocycles. The molecule has 0 fully saturated rings. The average Bonchev–Trinajstić information content (AvgIpc) is 2.41. The zero-order valence-electron chi connectivity index (χ0n) is 11.0. The van der Waals surface area contributed by atoms with Crippen LogP contribution in [0.4, 0.5) is 10.1 Å². The van der Waals surface area contributed by atoms with Crippen LogP contribution in [0.2, 0.25) is 0 Å². The normalized spacial score (nSPS) is 10.9. The zero-order chi connectivity index (χ0) is 15.6. The lowest BCUT2D eigenvalue weighted by molar-refractivity contribution is 0.475. The zero-order valence-corrected chi connectivity index (χ0v) is 11.8. The Morgan fingerprint density at radius 3 is 2.62 bits per heavy atom. The van der Waals surface area contributed by atoms with Crippen molar-refractivity contribution in [3.05, 3.63) is 53.3 Å². The Kier molecular flexibility index (Phi) is 3.82. The van der Waals surface area contributed by atoms with Gasteiger partial charge in [-0.25, -0.2) is 12.8 Å². The summed E-state index contributed by atoms with van der Waals surface area (Å²) in [5.74, 6) is -0.901. The van der Waals surface area contributed by atoms with E-state index < -0.39 is 26.3 Å². The fourth-order valence-corrected chi connectivity index (χ4v) is 3.10. The van der Waals surface area contributed by atoms with Gasteiger partial charge in [-0.3, -0.25) is 4.72 Å². The molecule has 108 valence electrons. The first kappa shape index (κ1) is 14.8. The van der Waals surface area contributed by atoms with Crippen LogP contribution in [0.25, 0.3) is 0 Å². The summed E-state index contributed by atoms with van der Waals surface area (Å²) < 4.78 is 40.3. The number of hydrogen-bond donors (Lipinski definition) is 2. The second-order valence-corrected chi connectivity index (χ2v) is 5.98. The van der Waals surface area contributed by atoms with Crippen molar-refractivity contribution in [2.24, 2.45) is 0 Å². The van der Waals surface area contributed by atoms with Crippen LogP contribution in [0.3, 0.4) is 0 Å². The van der Waals surface area contributed by atoms with E-state index >= 15 is 0 Å². The fourth-order valence-electron chi connectivity index (χ4n) is 1.80. The molecule has 0 spiro atoms. The average molecular weight is 306 g/mol. The smallest absolute Gasteiger partial charge is 0.263 e. The molecule has 2 aromatic rings. The number of phenols is 1. The summed E-state index contributed by atoms with van der Waals surface area (Å²) in [4.78, 5) is -0.433. The maximum absolute atomic E-state index is 13.5. The number of sulfonamides is 1. The Morgan fingerprint density at radius 2 is 2.00 bits per heavy atom. The molecule has 0 aliphatic carbocycles. The molecule has 0 aliphatic rings. The monoisotopic (exact) mass is 306 g/mol. The highest BCUT2D eigenvalue weighted by Crippen LogP contribution is 2.25. The van der Waals surface area contributed by atoms with Gasteiger partial charge in [-0.15, -0.1) is 0 Å². The number of rotatable bonds is 3. The van der Waals surface area contributed by atoms with Crippen LogP contribution in [0.5, 0.6) is 5.75 Å². The van der Waals surface area contributed by atoms with E-state index in [2.05, 4.69) is 4.72 Å². The number of nitrogens with one attached hydrogen (secondary N) is 1. The van der Waals surface area contributed by atoms with Gasteiger partial charge in [0.05, 0.1) is 5.69 Å². The fraction of sp³-hybridized carbons (Fsp3) is 0.0714. The van der Waals surface area contributed by atoms with Crippen molar-refractivity contribution < 1.29 is 17.9 Å². The van der Waals surface area contributed by atoms with E-state index in [1.807, 2.05) is 0 Å². The first-order valence-corrected chi connectivity index (χ1v) is 7.34.